The number of hydrogen-bond donors (Lipinski definition) is 0. The lowest BCUT2D eigenvalue weighted by Crippen LogP contribution is -2.10. The summed E-state index contributed by atoms with van der Waals surface area (Å²) in [5.41, 5.74) is 10.8. The summed E-state index contributed by atoms with van der Waals surface area (Å²) in [5.74, 6) is 0. The van der Waals surface area contributed by atoms with Crippen LogP contribution in [0.25, 0.3) is 84.5 Å². The quantitative estimate of drug-likeness (QED) is 0.164. The Morgan fingerprint density at radius 1 is 0.309 bits per heavy atom. The lowest BCUT2D eigenvalue weighted by atomic mass is 9.98. The van der Waals surface area contributed by atoms with Gasteiger partial charge in [-0.15, -0.1) is 22.7 Å². The number of nitrogens with zero attached hydrogens (tertiary/aromatic N) is 1. The fraction of sp³-hybridized carbons (Fsp3) is 0. The van der Waals surface area contributed by atoms with Crippen LogP contribution in [-0.2, 0) is 0 Å². The van der Waals surface area contributed by atoms with Crippen molar-refractivity contribution in [3.8, 4) is 33.4 Å². The highest BCUT2D eigenvalue weighted by Crippen LogP contribution is 2.51. The molecule has 55 heavy (non-hydrogen) atoms. The monoisotopic (exact) mass is 735 g/mol. The van der Waals surface area contributed by atoms with Gasteiger partial charge in [-0.1, -0.05) is 158 Å². The lowest BCUT2D eigenvalue weighted by Gasteiger charge is -2.27. The number of hydrogen-bond acceptors (Lipinski definition) is 3. The van der Waals surface area contributed by atoms with E-state index in [1.54, 1.807) is 0 Å². The molecule has 0 bridgehead atoms. The predicted molar refractivity (Wildman–Crippen MR) is 241 cm³/mol. The van der Waals surface area contributed by atoms with Crippen LogP contribution in [0.1, 0.15) is 0 Å². The van der Waals surface area contributed by atoms with E-state index in [0.29, 0.717) is 0 Å². The van der Waals surface area contributed by atoms with Gasteiger partial charge in [0.1, 0.15) is 0 Å². The van der Waals surface area contributed by atoms with Gasteiger partial charge >= 0.3 is 0 Å². The van der Waals surface area contributed by atoms with Crippen LogP contribution in [0.15, 0.2) is 200 Å². The molecule has 0 atom stereocenters. The fourth-order valence-corrected chi connectivity index (χ4v) is 10.7. The van der Waals surface area contributed by atoms with Crippen LogP contribution in [0.3, 0.4) is 0 Å². The van der Waals surface area contributed by atoms with Crippen molar-refractivity contribution in [3.05, 3.63) is 200 Å². The molecule has 2 aromatic heterocycles. The summed E-state index contributed by atoms with van der Waals surface area (Å²) in [6.45, 7) is 0. The average Bonchev–Trinajstić information content (AvgIpc) is 3.84. The third kappa shape index (κ3) is 5.43. The van der Waals surface area contributed by atoms with Crippen molar-refractivity contribution in [2.75, 3.05) is 4.90 Å². The Balaban J connectivity index is 1.20. The molecule has 1 nitrogen and oxygen atoms in total. The first-order valence-corrected chi connectivity index (χ1v) is 20.3. The molecule has 11 aromatic rings. The number of fused-ring (bicyclic) bond motifs is 7. The number of thiophene rings is 2. The van der Waals surface area contributed by atoms with E-state index in [1.807, 2.05) is 22.7 Å². The SMILES string of the molecule is c1ccc(-c2cc(N(c3ccc(-c4ccc5ccccc5c4)cc3)c3cccc4c3sc3ccccc34)c3sc4c(-c5ccccc5)cccc4c3c2)cc1. The number of benzene rings is 9. The number of rotatable bonds is 6. The Morgan fingerprint density at radius 3 is 1.75 bits per heavy atom. The van der Waals surface area contributed by atoms with Crippen LogP contribution in [-0.4, -0.2) is 0 Å². The Hall–Kier alpha value is -6.52. The second kappa shape index (κ2) is 13.1. The first-order chi connectivity index (χ1) is 27.3. The second-order valence-electron chi connectivity index (χ2n) is 14.1. The molecule has 0 saturated heterocycles. The summed E-state index contributed by atoms with van der Waals surface area (Å²) in [6.07, 6.45) is 0. The largest absolute Gasteiger partial charge is 0.308 e. The molecule has 0 saturated carbocycles. The zero-order valence-corrected chi connectivity index (χ0v) is 31.4. The van der Waals surface area contributed by atoms with Crippen LogP contribution in [0, 0.1) is 0 Å². The van der Waals surface area contributed by atoms with Crippen molar-refractivity contribution in [1.29, 1.82) is 0 Å². The van der Waals surface area contributed by atoms with Crippen molar-refractivity contribution in [1.82, 2.24) is 0 Å². The van der Waals surface area contributed by atoms with Gasteiger partial charge in [0.15, 0.2) is 0 Å². The minimum absolute atomic E-state index is 1.13. The third-order valence-corrected chi connectivity index (χ3v) is 13.3. The normalized spacial score (nSPS) is 11.6. The maximum atomic E-state index is 2.52. The van der Waals surface area contributed by atoms with Gasteiger partial charge in [-0.05, 0) is 86.6 Å². The first kappa shape index (κ1) is 32.0. The Bertz CT molecular complexity index is 3190. The molecular weight excluding hydrogens is 703 g/mol. The van der Waals surface area contributed by atoms with Crippen molar-refractivity contribution >= 4 is 90.9 Å². The zero-order valence-electron chi connectivity index (χ0n) is 29.8. The second-order valence-corrected chi connectivity index (χ2v) is 16.2. The van der Waals surface area contributed by atoms with E-state index in [9.17, 15) is 0 Å². The van der Waals surface area contributed by atoms with Gasteiger partial charge in [-0.25, -0.2) is 0 Å². The third-order valence-electron chi connectivity index (χ3n) is 10.8. The summed E-state index contributed by atoms with van der Waals surface area (Å²) in [5, 5.41) is 7.65. The molecule has 0 spiro atoms. The molecule has 0 radical (unpaired) electrons. The summed E-state index contributed by atoms with van der Waals surface area (Å²) in [6, 6.07) is 73.4. The highest BCUT2D eigenvalue weighted by atomic mass is 32.1. The first-order valence-electron chi connectivity index (χ1n) is 18.7. The van der Waals surface area contributed by atoms with Crippen LogP contribution in [0.5, 0.6) is 0 Å². The molecule has 0 amide bonds. The van der Waals surface area contributed by atoms with Gasteiger partial charge in [-0.3, -0.25) is 0 Å². The molecule has 0 aliphatic heterocycles. The van der Waals surface area contributed by atoms with E-state index in [0.717, 1.165) is 5.69 Å². The molecule has 3 heteroatoms. The van der Waals surface area contributed by atoms with Gasteiger partial charge in [0.2, 0.25) is 0 Å². The van der Waals surface area contributed by atoms with E-state index >= 15 is 0 Å². The van der Waals surface area contributed by atoms with E-state index in [-0.39, 0.29) is 0 Å². The van der Waals surface area contributed by atoms with Gasteiger partial charge in [-0.2, -0.15) is 0 Å². The molecule has 0 aliphatic rings. The Kier molecular flexibility index (Phi) is 7.61. The van der Waals surface area contributed by atoms with Crippen LogP contribution in [0.4, 0.5) is 17.1 Å². The summed E-state index contributed by atoms with van der Waals surface area (Å²) >= 11 is 3.78. The molecule has 0 fully saturated rings. The van der Waals surface area contributed by atoms with Gasteiger partial charge in [0, 0.05) is 36.6 Å². The zero-order chi connectivity index (χ0) is 36.3. The van der Waals surface area contributed by atoms with Crippen molar-refractivity contribution in [2.24, 2.45) is 0 Å². The van der Waals surface area contributed by atoms with E-state index in [2.05, 4.69) is 205 Å². The van der Waals surface area contributed by atoms with Crippen molar-refractivity contribution in [3.63, 3.8) is 0 Å². The van der Waals surface area contributed by atoms with Crippen molar-refractivity contribution in [2.45, 2.75) is 0 Å². The molecule has 0 N–H and O–H groups in total. The maximum Gasteiger partial charge on any atom is 0.0647 e. The molecule has 9 aromatic carbocycles. The van der Waals surface area contributed by atoms with Crippen LogP contribution in [0.2, 0.25) is 0 Å². The molecule has 11 rings (SSSR count). The molecule has 258 valence electrons. The standard InChI is InChI=1S/C52H33NS2/c1-3-13-34(14-4-1)40-32-46-45-21-11-20-42(37-16-5-2-6-17-37)50(45)55-52(46)48(33-40)53(47-23-12-22-44-43-19-9-10-24-49(43)54-51(44)47)41-29-27-36(28-30-41)39-26-25-35-15-7-8-18-38(35)31-39/h1-33H. The Labute approximate surface area is 327 Å². The highest BCUT2D eigenvalue weighted by molar-refractivity contribution is 7.27. The van der Waals surface area contributed by atoms with Gasteiger partial charge in [0.25, 0.3) is 0 Å². The fourth-order valence-electron chi connectivity index (χ4n) is 8.18. The van der Waals surface area contributed by atoms with E-state index < -0.39 is 0 Å². The maximum absolute atomic E-state index is 2.52. The number of anilines is 3. The average molecular weight is 736 g/mol. The van der Waals surface area contributed by atoms with Crippen molar-refractivity contribution < 1.29 is 0 Å². The molecule has 0 aliphatic carbocycles. The predicted octanol–water partition coefficient (Wildman–Crippen LogP) is 16.0. The van der Waals surface area contributed by atoms with Crippen LogP contribution >= 0.6 is 22.7 Å². The molecular formula is C52H33NS2. The summed E-state index contributed by atoms with van der Waals surface area (Å²) in [4.78, 5) is 2.52. The lowest BCUT2D eigenvalue weighted by molar-refractivity contribution is 1.32. The topological polar surface area (TPSA) is 3.24 Å². The summed E-state index contributed by atoms with van der Waals surface area (Å²) in [7, 11) is 0. The smallest absolute Gasteiger partial charge is 0.0647 e. The van der Waals surface area contributed by atoms with E-state index in [1.165, 1.54) is 95.9 Å². The highest BCUT2D eigenvalue weighted by Gasteiger charge is 2.23. The Morgan fingerprint density at radius 2 is 0.927 bits per heavy atom. The van der Waals surface area contributed by atoms with Gasteiger partial charge < -0.3 is 4.90 Å². The van der Waals surface area contributed by atoms with Gasteiger partial charge in [0.05, 0.1) is 20.8 Å². The molecule has 2 heterocycles. The van der Waals surface area contributed by atoms with Crippen LogP contribution < -0.4 is 4.90 Å². The molecule has 0 unspecified atom stereocenters. The summed E-state index contributed by atoms with van der Waals surface area (Å²) < 4.78 is 5.16. The van der Waals surface area contributed by atoms with E-state index in [4.69, 9.17) is 0 Å². The minimum atomic E-state index is 1.13. The minimum Gasteiger partial charge on any atom is -0.308 e.